The average Bonchev–Trinajstić information content (AvgIpc) is 3.07. The standard InChI is InChI=1S/C21H19NO3/c23-17-8-13-6-7-16-21(14(13)9-18(17)24)15-10-19(25-20(15)11-22-16)12-4-2-1-3-5-12/h1-5,8-10,16,21-24H,6-7,11H2. The number of nitrogens with one attached hydrogen (secondary N) is 1. The number of benzene rings is 2. The highest BCUT2D eigenvalue weighted by molar-refractivity contribution is 5.61. The molecule has 2 unspecified atom stereocenters. The van der Waals surface area contributed by atoms with Crippen LogP contribution in [0.2, 0.25) is 0 Å². The van der Waals surface area contributed by atoms with Crippen molar-refractivity contribution in [3.8, 4) is 22.8 Å². The van der Waals surface area contributed by atoms with Gasteiger partial charge in [0.1, 0.15) is 11.5 Å². The largest absolute Gasteiger partial charge is 0.504 e. The van der Waals surface area contributed by atoms with Gasteiger partial charge in [-0.3, -0.25) is 0 Å². The lowest BCUT2D eigenvalue weighted by atomic mass is 9.73. The minimum absolute atomic E-state index is 0.0432. The number of aromatic hydroxyl groups is 2. The first-order valence-corrected chi connectivity index (χ1v) is 8.67. The van der Waals surface area contributed by atoms with Crippen molar-refractivity contribution in [1.29, 1.82) is 0 Å². The first-order chi connectivity index (χ1) is 12.2. The number of phenolic OH excluding ortho intramolecular Hbond substituents is 2. The van der Waals surface area contributed by atoms with Crippen molar-refractivity contribution in [1.82, 2.24) is 5.32 Å². The van der Waals surface area contributed by atoms with Crippen LogP contribution in [0.4, 0.5) is 0 Å². The van der Waals surface area contributed by atoms with Crippen molar-refractivity contribution >= 4 is 0 Å². The molecule has 0 spiro atoms. The predicted octanol–water partition coefficient (Wildman–Crippen LogP) is 3.91. The Kier molecular flexibility index (Phi) is 3.15. The zero-order valence-corrected chi connectivity index (χ0v) is 13.7. The quantitative estimate of drug-likeness (QED) is 0.591. The van der Waals surface area contributed by atoms with Crippen LogP contribution in [0.1, 0.15) is 34.8 Å². The molecule has 0 saturated heterocycles. The van der Waals surface area contributed by atoms with Crippen LogP contribution in [0.25, 0.3) is 11.3 Å². The molecule has 2 aromatic carbocycles. The van der Waals surface area contributed by atoms with Crippen LogP contribution in [0, 0.1) is 0 Å². The lowest BCUT2D eigenvalue weighted by molar-refractivity contribution is 0.354. The molecule has 25 heavy (non-hydrogen) atoms. The molecule has 2 aliphatic rings. The second kappa shape index (κ2) is 5.39. The number of fused-ring (bicyclic) bond motifs is 5. The summed E-state index contributed by atoms with van der Waals surface area (Å²) in [4.78, 5) is 0. The van der Waals surface area contributed by atoms with E-state index in [0.29, 0.717) is 6.04 Å². The summed E-state index contributed by atoms with van der Waals surface area (Å²) in [7, 11) is 0. The molecule has 2 heterocycles. The Morgan fingerprint density at radius 2 is 1.76 bits per heavy atom. The topological polar surface area (TPSA) is 65.6 Å². The lowest BCUT2D eigenvalue weighted by Crippen LogP contribution is -2.42. The summed E-state index contributed by atoms with van der Waals surface area (Å²) < 4.78 is 6.14. The Morgan fingerprint density at radius 3 is 2.60 bits per heavy atom. The van der Waals surface area contributed by atoms with Gasteiger partial charge in [0.25, 0.3) is 0 Å². The van der Waals surface area contributed by atoms with Gasteiger partial charge in [-0.15, -0.1) is 0 Å². The lowest BCUT2D eigenvalue weighted by Gasteiger charge is -2.37. The van der Waals surface area contributed by atoms with Gasteiger partial charge in [0, 0.05) is 23.1 Å². The van der Waals surface area contributed by atoms with Gasteiger partial charge in [-0.05, 0) is 42.2 Å². The van der Waals surface area contributed by atoms with Gasteiger partial charge < -0.3 is 19.9 Å². The summed E-state index contributed by atoms with van der Waals surface area (Å²) in [6.07, 6.45) is 1.91. The number of rotatable bonds is 1. The summed E-state index contributed by atoms with van der Waals surface area (Å²) >= 11 is 0. The molecule has 0 fully saturated rings. The molecular formula is C21H19NO3. The van der Waals surface area contributed by atoms with Gasteiger partial charge in [-0.2, -0.15) is 0 Å². The third-order valence-corrected chi connectivity index (χ3v) is 5.46. The van der Waals surface area contributed by atoms with Crippen molar-refractivity contribution in [2.24, 2.45) is 0 Å². The third-order valence-electron chi connectivity index (χ3n) is 5.46. The van der Waals surface area contributed by atoms with Crippen molar-refractivity contribution in [2.75, 3.05) is 0 Å². The highest BCUT2D eigenvalue weighted by Crippen LogP contribution is 2.45. The van der Waals surface area contributed by atoms with E-state index in [1.165, 1.54) is 5.56 Å². The van der Waals surface area contributed by atoms with E-state index in [-0.39, 0.29) is 17.4 Å². The number of furan rings is 1. The second-order valence-corrected chi connectivity index (χ2v) is 6.90. The fourth-order valence-electron chi connectivity index (χ4n) is 4.25. The SMILES string of the molecule is Oc1cc2c(cc1O)C1c3cc(-c4ccccc4)oc3CNC1CC2. The minimum atomic E-state index is -0.0571. The molecule has 0 saturated carbocycles. The maximum absolute atomic E-state index is 10.0. The third kappa shape index (κ3) is 2.25. The predicted molar refractivity (Wildman–Crippen MR) is 94.7 cm³/mol. The van der Waals surface area contributed by atoms with Gasteiger partial charge >= 0.3 is 0 Å². The Bertz CT molecular complexity index is 945. The van der Waals surface area contributed by atoms with Gasteiger partial charge in [0.2, 0.25) is 0 Å². The maximum atomic E-state index is 10.0. The van der Waals surface area contributed by atoms with Crippen molar-refractivity contribution in [3.63, 3.8) is 0 Å². The van der Waals surface area contributed by atoms with E-state index in [0.717, 1.165) is 47.6 Å². The molecule has 4 nitrogen and oxygen atoms in total. The molecule has 4 heteroatoms. The maximum Gasteiger partial charge on any atom is 0.157 e. The van der Waals surface area contributed by atoms with E-state index >= 15 is 0 Å². The first-order valence-electron chi connectivity index (χ1n) is 8.67. The van der Waals surface area contributed by atoms with E-state index in [1.807, 2.05) is 30.3 Å². The van der Waals surface area contributed by atoms with Crippen LogP contribution in [0.5, 0.6) is 11.5 Å². The Balaban J connectivity index is 1.65. The van der Waals surface area contributed by atoms with E-state index in [9.17, 15) is 10.2 Å². The summed E-state index contributed by atoms with van der Waals surface area (Å²) in [5.41, 5.74) is 4.45. The fraction of sp³-hybridized carbons (Fsp3) is 0.238. The first kappa shape index (κ1) is 14.6. The molecule has 1 aliphatic carbocycles. The molecule has 5 rings (SSSR count). The van der Waals surface area contributed by atoms with E-state index in [4.69, 9.17) is 4.42 Å². The van der Waals surface area contributed by atoms with Crippen LogP contribution in [-0.4, -0.2) is 16.3 Å². The molecule has 0 amide bonds. The summed E-state index contributed by atoms with van der Waals surface area (Å²) in [5, 5.41) is 23.4. The van der Waals surface area contributed by atoms with Crippen molar-refractivity contribution in [2.45, 2.75) is 31.3 Å². The average molecular weight is 333 g/mol. The number of hydrogen-bond acceptors (Lipinski definition) is 4. The van der Waals surface area contributed by atoms with E-state index in [1.54, 1.807) is 12.1 Å². The Labute approximate surface area is 145 Å². The van der Waals surface area contributed by atoms with Crippen LogP contribution >= 0.6 is 0 Å². The molecule has 1 aromatic heterocycles. The van der Waals surface area contributed by atoms with Gasteiger partial charge in [-0.25, -0.2) is 0 Å². The van der Waals surface area contributed by atoms with Gasteiger partial charge in [0.15, 0.2) is 11.5 Å². The zero-order valence-electron chi connectivity index (χ0n) is 13.7. The van der Waals surface area contributed by atoms with Gasteiger partial charge in [-0.1, -0.05) is 30.3 Å². The Morgan fingerprint density at radius 1 is 0.960 bits per heavy atom. The Hall–Kier alpha value is -2.72. The number of phenols is 2. The molecular weight excluding hydrogens is 314 g/mol. The van der Waals surface area contributed by atoms with Crippen LogP contribution in [-0.2, 0) is 13.0 Å². The van der Waals surface area contributed by atoms with E-state index < -0.39 is 0 Å². The highest BCUT2D eigenvalue weighted by Gasteiger charge is 2.37. The molecule has 126 valence electrons. The molecule has 3 N–H and O–H groups in total. The van der Waals surface area contributed by atoms with Crippen LogP contribution in [0.15, 0.2) is 52.9 Å². The molecule has 2 atom stereocenters. The smallest absolute Gasteiger partial charge is 0.157 e. The van der Waals surface area contributed by atoms with Gasteiger partial charge in [0.05, 0.1) is 6.54 Å². The summed E-state index contributed by atoms with van der Waals surface area (Å²) in [6, 6.07) is 16.0. The molecule has 0 bridgehead atoms. The van der Waals surface area contributed by atoms with Crippen molar-refractivity contribution in [3.05, 3.63) is 71.0 Å². The van der Waals surface area contributed by atoms with Crippen LogP contribution in [0.3, 0.4) is 0 Å². The highest BCUT2D eigenvalue weighted by atomic mass is 16.3. The van der Waals surface area contributed by atoms with Crippen molar-refractivity contribution < 1.29 is 14.6 Å². The van der Waals surface area contributed by atoms with E-state index in [2.05, 4.69) is 11.4 Å². The molecule has 3 aromatic rings. The number of aryl methyl sites for hydroxylation is 1. The fourth-order valence-corrected chi connectivity index (χ4v) is 4.25. The van der Waals surface area contributed by atoms with Crippen LogP contribution < -0.4 is 5.32 Å². The second-order valence-electron chi connectivity index (χ2n) is 6.90. The minimum Gasteiger partial charge on any atom is -0.504 e. The molecule has 0 radical (unpaired) electrons. The zero-order chi connectivity index (χ0) is 17.0. The molecule has 1 aliphatic heterocycles. The normalized spacial score (nSPS) is 21.3. The summed E-state index contributed by atoms with van der Waals surface area (Å²) in [6.45, 7) is 0.725. The number of hydrogen-bond donors (Lipinski definition) is 3. The summed E-state index contributed by atoms with van der Waals surface area (Å²) in [5.74, 6) is 1.88. The monoisotopic (exact) mass is 333 g/mol.